The third kappa shape index (κ3) is 5.45. The molecule has 1 aromatic rings. The highest BCUT2D eigenvalue weighted by Gasteiger charge is 2.30. The van der Waals surface area contributed by atoms with Crippen molar-refractivity contribution in [2.45, 2.75) is 12.7 Å². The van der Waals surface area contributed by atoms with E-state index in [2.05, 4.69) is 9.97 Å². The highest BCUT2D eigenvalue weighted by Crippen LogP contribution is 2.17. The summed E-state index contributed by atoms with van der Waals surface area (Å²) >= 11 is 0. The Labute approximate surface area is 96.1 Å². The molecule has 0 fully saturated rings. The fraction of sp³-hybridized carbons (Fsp3) is 0.556. The van der Waals surface area contributed by atoms with E-state index in [4.69, 9.17) is 10.8 Å². The van der Waals surface area contributed by atoms with E-state index in [9.17, 15) is 13.2 Å². The van der Waals surface area contributed by atoms with Crippen LogP contribution in [0.2, 0.25) is 0 Å². The number of aliphatic hydroxyl groups is 1. The molecule has 5 nitrogen and oxygen atoms in total. The predicted octanol–water partition coefficient (Wildman–Crippen LogP) is 0.415. The van der Waals surface area contributed by atoms with Gasteiger partial charge in [-0.2, -0.15) is 13.2 Å². The highest BCUT2D eigenvalue weighted by molar-refractivity contribution is 5.22. The molecular weight excluding hydrogens is 237 g/mol. The molecule has 0 unspecified atom stereocenters. The molecule has 0 radical (unpaired) electrons. The molecule has 8 heteroatoms. The summed E-state index contributed by atoms with van der Waals surface area (Å²) in [7, 11) is 0. The maximum atomic E-state index is 12.2. The smallest absolute Gasteiger partial charge is 0.395 e. The van der Waals surface area contributed by atoms with Crippen molar-refractivity contribution < 1.29 is 18.3 Å². The van der Waals surface area contributed by atoms with Gasteiger partial charge >= 0.3 is 6.18 Å². The third-order valence-corrected chi connectivity index (χ3v) is 1.93. The Kier molecular flexibility index (Phi) is 4.64. The molecule has 0 spiro atoms. The molecule has 1 rings (SSSR count). The molecule has 1 heterocycles. The summed E-state index contributed by atoms with van der Waals surface area (Å²) in [6.45, 7) is -1.56. The van der Waals surface area contributed by atoms with E-state index in [-0.39, 0.29) is 25.5 Å². The van der Waals surface area contributed by atoms with E-state index >= 15 is 0 Å². The van der Waals surface area contributed by atoms with Gasteiger partial charge in [-0.25, -0.2) is 4.98 Å². The van der Waals surface area contributed by atoms with Crippen molar-refractivity contribution in [3.8, 4) is 0 Å². The third-order valence-electron chi connectivity index (χ3n) is 1.93. The van der Waals surface area contributed by atoms with Crippen LogP contribution in [0.15, 0.2) is 12.4 Å². The first-order chi connectivity index (χ1) is 7.90. The van der Waals surface area contributed by atoms with E-state index in [0.29, 0.717) is 5.69 Å². The standard InChI is InChI=1S/C9H13F3N4O/c10-9(11,12)6-16(1-2-17)5-7-3-15-8(13)4-14-7/h3-4,17H,1-2,5-6H2,(H2,13,15). The molecule has 0 bridgehead atoms. The molecule has 0 aliphatic rings. The monoisotopic (exact) mass is 250 g/mol. The Balaban J connectivity index is 2.63. The molecule has 17 heavy (non-hydrogen) atoms. The minimum Gasteiger partial charge on any atom is -0.395 e. The molecule has 0 atom stereocenters. The van der Waals surface area contributed by atoms with Crippen LogP contribution in [0.25, 0.3) is 0 Å². The average Bonchev–Trinajstić information content (AvgIpc) is 2.19. The van der Waals surface area contributed by atoms with E-state index < -0.39 is 12.7 Å². The summed E-state index contributed by atoms with van der Waals surface area (Å²) in [6, 6.07) is 0. The Morgan fingerprint density at radius 2 is 2.00 bits per heavy atom. The normalized spacial score (nSPS) is 12.1. The van der Waals surface area contributed by atoms with Gasteiger partial charge in [0, 0.05) is 13.1 Å². The van der Waals surface area contributed by atoms with Gasteiger partial charge in [-0.05, 0) is 0 Å². The quantitative estimate of drug-likeness (QED) is 0.792. The maximum absolute atomic E-state index is 12.2. The fourth-order valence-corrected chi connectivity index (χ4v) is 1.28. The first-order valence-electron chi connectivity index (χ1n) is 4.87. The lowest BCUT2D eigenvalue weighted by atomic mass is 10.3. The fourth-order valence-electron chi connectivity index (χ4n) is 1.28. The molecule has 0 aliphatic heterocycles. The number of halogens is 3. The second-order valence-corrected chi connectivity index (χ2v) is 3.48. The van der Waals surface area contributed by atoms with E-state index in [1.807, 2.05) is 0 Å². The molecule has 0 aliphatic carbocycles. The lowest BCUT2D eigenvalue weighted by molar-refractivity contribution is -0.148. The van der Waals surface area contributed by atoms with Gasteiger partial charge in [-0.1, -0.05) is 0 Å². The van der Waals surface area contributed by atoms with Crippen LogP contribution in [0.3, 0.4) is 0 Å². The number of nitrogens with zero attached hydrogens (tertiary/aromatic N) is 3. The zero-order valence-corrected chi connectivity index (χ0v) is 8.98. The molecule has 0 saturated heterocycles. The zero-order chi connectivity index (χ0) is 12.9. The van der Waals surface area contributed by atoms with Crippen molar-refractivity contribution in [3.05, 3.63) is 18.1 Å². The van der Waals surface area contributed by atoms with Gasteiger partial charge in [-0.15, -0.1) is 0 Å². The number of anilines is 1. The first kappa shape index (κ1) is 13.7. The average molecular weight is 250 g/mol. The minimum atomic E-state index is -4.31. The van der Waals surface area contributed by atoms with Crippen molar-refractivity contribution in [2.75, 3.05) is 25.4 Å². The second-order valence-electron chi connectivity index (χ2n) is 3.48. The molecule has 3 N–H and O–H groups in total. The number of aliphatic hydroxyl groups excluding tert-OH is 1. The summed E-state index contributed by atoms with van der Waals surface area (Å²) in [4.78, 5) is 8.63. The lowest BCUT2D eigenvalue weighted by Gasteiger charge is -2.21. The topological polar surface area (TPSA) is 75.3 Å². The van der Waals surface area contributed by atoms with Crippen LogP contribution in [0, 0.1) is 0 Å². The second kappa shape index (κ2) is 5.78. The Bertz CT molecular complexity index is 341. The molecule has 0 aromatic carbocycles. The van der Waals surface area contributed by atoms with Crippen molar-refractivity contribution in [3.63, 3.8) is 0 Å². The number of hydrogen-bond donors (Lipinski definition) is 2. The van der Waals surface area contributed by atoms with Crippen LogP contribution < -0.4 is 5.73 Å². The summed E-state index contributed by atoms with van der Waals surface area (Å²) in [5, 5.41) is 8.69. The van der Waals surface area contributed by atoms with Crippen LogP contribution in [-0.2, 0) is 6.54 Å². The molecule has 96 valence electrons. The van der Waals surface area contributed by atoms with Gasteiger partial charge in [-0.3, -0.25) is 9.88 Å². The molecule has 0 saturated carbocycles. The Hall–Kier alpha value is -1.41. The van der Waals surface area contributed by atoms with Crippen LogP contribution in [0.4, 0.5) is 19.0 Å². The Morgan fingerprint density at radius 3 is 2.47 bits per heavy atom. The zero-order valence-electron chi connectivity index (χ0n) is 8.98. The summed E-state index contributed by atoms with van der Waals surface area (Å²) in [6.07, 6.45) is -1.72. The maximum Gasteiger partial charge on any atom is 0.401 e. The Morgan fingerprint density at radius 1 is 1.29 bits per heavy atom. The lowest BCUT2D eigenvalue weighted by Crippen LogP contribution is -2.36. The number of aromatic nitrogens is 2. The summed E-state index contributed by atoms with van der Waals surface area (Å²) < 4.78 is 36.6. The van der Waals surface area contributed by atoms with Gasteiger partial charge in [0.25, 0.3) is 0 Å². The van der Waals surface area contributed by atoms with Crippen LogP contribution in [-0.4, -0.2) is 45.8 Å². The van der Waals surface area contributed by atoms with Crippen LogP contribution >= 0.6 is 0 Å². The van der Waals surface area contributed by atoms with Crippen LogP contribution in [0.5, 0.6) is 0 Å². The number of rotatable bonds is 5. The van der Waals surface area contributed by atoms with Crippen molar-refractivity contribution in [1.82, 2.24) is 14.9 Å². The van der Waals surface area contributed by atoms with Crippen LogP contribution in [0.1, 0.15) is 5.69 Å². The summed E-state index contributed by atoms with van der Waals surface area (Å²) in [5.74, 6) is 0.207. The van der Waals surface area contributed by atoms with Crippen molar-refractivity contribution in [1.29, 1.82) is 0 Å². The van der Waals surface area contributed by atoms with Gasteiger partial charge in [0.15, 0.2) is 0 Å². The van der Waals surface area contributed by atoms with E-state index in [1.165, 1.54) is 12.4 Å². The predicted molar refractivity (Wildman–Crippen MR) is 54.9 cm³/mol. The SMILES string of the molecule is Nc1cnc(CN(CCO)CC(F)(F)F)cn1. The van der Waals surface area contributed by atoms with E-state index in [0.717, 1.165) is 4.90 Å². The first-order valence-corrected chi connectivity index (χ1v) is 4.87. The van der Waals surface area contributed by atoms with Gasteiger partial charge in [0.2, 0.25) is 0 Å². The highest BCUT2D eigenvalue weighted by atomic mass is 19.4. The van der Waals surface area contributed by atoms with Crippen molar-refractivity contribution in [2.24, 2.45) is 0 Å². The molecular formula is C9H13F3N4O. The van der Waals surface area contributed by atoms with E-state index in [1.54, 1.807) is 0 Å². The summed E-state index contributed by atoms with van der Waals surface area (Å²) in [5.41, 5.74) is 5.68. The minimum absolute atomic E-state index is 0.0344. The van der Waals surface area contributed by atoms with Crippen molar-refractivity contribution >= 4 is 5.82 Å². The molecule has 1 aromatic heterocycles. The van der Waals surface area contributed by atoms with Gasteiger partial charge in [0.05, 0.1) is 31.2 Å². The largest absolute Gasteiger partial charge is 0.401 e. The van der Waals surface area contributed by atoms with Gasteiger partial charge < -0.3 is 10.8 Å². The number of nitrogen functional groups attached to an aromatic ring is 1. The van der Waals surface area contributed by atoms with Gasteiger partial charge in [0.1, 0.15) is 5.82 Å². The number of hydrogen-bond acceptors (Lipinski definition) is 5. The number of alkyl halides is 3. The number of nitrogens with two attached hydrogens (primary N) is 1. The molecule has 0 amide bonds.